The highest BCUT2D eigenvalue weighted by atomic mass is 32.2. The Labute approximate surface area is 242 Å². The Morgan fingerprint density at radius 2 is 1.61 bits per heavy atom. The first kappa shape index (κ1) is 28.5. The summed E-state index contributed by atoms with van der Waals surface area (Å²) in [7, 11) is 1.48. The molecule has 2 aromatic rings. The number of anilines is 1. The molecule has 2 aromatic carbocycles. The third-order valence-electron chi connectivity index (χ3n) is 7.12. The zero-order valence-electron chi connectivity index (χ0n) is 22.8. The molecule has 41 heavy (non-hydrogen) atoms. The van der Waals surface area contributed by atoms with Crippen LogP contribution in [-0.4, -0.2) is 110 Å². The number of imide groups is 1. The summed E-state index contributed by atoms with van der Waals surface area (Å²) in [5.41, 5.74) is 1.72. The second-order valence-electron chi connectivity index (χ2n) is 9.66. The summed E-state index contributed by atoms with van der Waals surface area (Å²) in [6.45, 7) is 4.06. The number of amides is 4. The Bertz CT molecular complexity index is 1320. The Kier molecular flexibility index (Phi) is 9.10. The van der Waals surface area contributed by atoms with Gasteiger partial charge in [0.05, 0.1) is 25.2 Å². The number of thioether (sulfide) groups is 1. The number of hydrogen-bond donors (Lipinski definition) is 0. The molecule has 0 N–H and O–H groups in total. The molecule has 3 aliphatic heterocycles. The van der Waals surface area contributed by atoms with Gasteiger partial charge in [-0.1, -0.05) is 24.3 Å². The van der Waals surface area contributed by atoms with Gasteiger partial charge in [-0.15, -0.1) is 0 Å². The van der Waals surface area contributed by atoms with Gasteiger partial charge < -0.3 is 28.9 Å². The lowest BCUT2D eigenvalue weighted by Gasteiger charge is -2.36. The fourth-order valence-electron chi connectivity index (χ4n) is 4.81. The largest absolute Gasteiger partial charge is 0.493 e. The van der Waals surface area contributed by atoms with Crippen LogP contribution >= 0.6 is 11.8 Å². The van der Waals surface area contributed by atoms with E-state index in [2.05, 4.69) is 4.90 Å². The number of ether oxygens (including phenoxy) is 3. The van der Waals surface area contributed by atoms with Gasteiger partial charge in [0.2, 0.25) is 5.91 Å². The van der Waals surface area contributed by atoms with Crippen LogP contribution < -0.4 is 14.4 Å². The molecule has 3 heterocycles. The quantitative estimate of drug-likeness (QED) is 0.435. The van der Waals surface area contributed by atoms with Gasteiger partial charge in [-0.2, -0.15) is 0 Å². The van der Waals surface area contributed by atoms with E-state index in [0.717, 1.165) is 22.3 Å². The summed E-state index contributed by atoms with van der Waals surface area (Å²) in [4.78, 5) is 57.9. The van der Waals surface area contributed by atoms with Crippen LogP contribution in [0.3, 0.4) is 0 Å². The molecule has 5 rings (SSSR count). The Morgan fingerprint density at radius 1 is 0.902 bits per heavy atom. The molecule has 0 atom stereocenters. The van der Waals surface area contributed by atoms with Gasteiger partial charge in [-0.05, 0) is 47.7 Å². The second kappa shape index (κ2) is 13.1. The standard InChI is InChI=1S/C29H32N4O7S/c1-38-24-17-21(7-8-23(24)40-20-27(35)32-13-15-39-16-14-32)18-25-28(36)33(29(37)41-25)19-26(34)31-11-9-30(10-12-31)22-5-3-2-4-6-22/h2-8,17-18H,9-16,19-20H2,1H3/b25-18-. The Morgan fingerprint density at radius 3 is 2.32 bits per heavy atom. The van der Waals surface area contributed by atoms with Crippen molar-refractivity contribution in [2.75, 3.05) is 77.6 Å². The maximum Gasteiger partial charge on any atom is 0.294 e. The van der Waals surface area contributed by atoms with Crippen molar-refractivity contribution in [3.05, 3.63) is 59.0 Å². The number of rotatable bonds is 8. The van der Waals surface area contributed by atoms with Crippen LogP contribution in [0, 0.1) is 0 Å². The van der Waals surface area contributed by atoms with Gasteiger partial charge >= 0.3 is 0 Å². The number of piperazine rings is 1. The molecular formula is C29H32N4O7S. The van der Waals surface area contributed by atoms with Crippen molar-refractivity contribution in [1.29, 1.82) is 0 Å². The van der Waals surface area contributed by atoms with Crippen molar-refractivity contribution >= 4 is 46.5 Å². The molecule has 4 amide bonds. The second-order valence-corrected chi connectivity index (χ2v) is 10.7. The summed E-state index contributed by atoms with van der Waals surface area (Å²) in [6.07, 6.45) is 1.58. The Balaban J connectivity index is 1.17. The summed E-state index contributed by atoms with van der Waals surface area (Å²) >= 11 is 0.798. The Hall–Kier alpha value is -4.03. The van der Waals surface area contributed by atoms with Crippen molar-refractivity contribution < 1.29 is 33.4 Å². The zero-order chi connectivity index (χ0) is 28.8. The summed E-state index contributed by atoms with van der Waals surface area (Å²) in [6, 6.07) is 15.0. The minimum Gasteiger partial charge on any atom is -0.493 e. The van der Waals surface area contributed by atoms with Gasteiger partial charge in [0.1, 0.15) is 6.54 Å². The van der Waals surface area contributed by atoms with E-state index in [1.165, 1.54) is 7.11 Å². The lowest BCUT2D eigenvalue weighted by molar-refractivity contribution is -0.137. The highest BCUT2D eigenvalue weighted by Crippen LogP contribution is 2.34. The summed E-state index contributed by atoms with van der Waals surface area (Å²) in [5.74, 6) is -0.127. The van der Waals surface area contributed by atoms with E-state index in [4.69, 9.17) is 14.2 Å². The number of hydrogen-bond acceptors (Lipinski definition) is 9. The molecule has 0 aromatic heterocycles. The smallest absolute Gasteiger partial charge is 0.294 e. The molecular weight excluding hydrogens is 548 g/mol. The van der Waals surface area contributed by atoms with E-state index in [9.17, 15) is 19.2 Å². The maximum absolute atomic E-state index is 13.1. The number of nitrogens with zero attached hydrogens (tertiary/aromatic N) is 4. The molecule has 0 radical (unpaired) electrons. The molecule has 3 saturated heterocycles. The fraction of sp³-hybridized carbons (Fsp3) is 0.379. The van der Waals surface area contributed by atoms with Crippen molar-refractivity contribution in [2.45, 2.75) is 0 Å². The van der Waals surface area contributed by atoms with Crippen LogP contribution in [0.25, 0.3) is 6.08 Å². The molecule has 0 bridgehead atoms. The van der Waals surface area contributed by atoms with Crippen LogP contribution in [0.1, 0.15) is 5.56 Å². The number of benzene rings is 2. The monoisotopic (exact) mass is 580 g/mol. The molecule has 0 aliphatic carbocycles. The SMILES string of the molecule is COc1cc(/C=C2\SC(=O)N(CC(=O)N3CCN(c4ccccc4)CC3)C2=O)ccc1OCC(=O)N1CCOCC1. The fourth-order valence-corrected chi connectivity index (χ4v) is 5.65. The van der Waals surface area contributed by atoms with E-state index >= 15 is 0 Å². The van der Waals surface area contributed by atoms with Crippen molar-refractivity contribution in [3.63, 3.8) is 0 Å². The van der Waals surface area contributed by atoms with Gasteiger partial charge in [-0.25, -0.2) is 0 Å². The molecule has 3 aliphatic rings. The summed E-state index contributed by atoms with van der Waals surface area (Å²) in [5, 5.41) is -0.480. The number of morpholine rings is 1. The van der Waals surface area contributed by atoms with E-state index in [1.807, 2.05) is 30.3 Å². The number of para-hydroxylation sites is 1. The average Bonchev–Trinajstić information content (AvgIpc) is 3.28. The van der Waals surface area contributed by atoms with Crippen LogP contribution in [0.2, 0.25) is 0 Å². The molecule has 11 nitrogen and oxygen atoms in total. The van der Waals surface area contributed by atoms with Gasteiger partial charge in [0.15, 0.2) is 18.1 Å². The van der Waals surface area contributed by atoms with Crippen LogP contribution in [0.4, 0.5) is 10.5 Å². The molecule has 0 saturated carbocycles. The predicted octanol–water partition coefficient (Wildman–Crippen LogP) is 2.32. The van der Waals surface area contributed by atoms with E-state index in [0.29, 0.717) is 69.5 Å². The lowest BCUT2D eigenvalue weighted by Crippen LogP contribution is -2.51. The van der Waals surface area contributed by atoms with Gasteiger partial charge in [-0.3, -0.25) is 24.1 Å². The minimum absolute atomic E-state index is 0.135. The molecule has 3 fully saturated rings. The van der Waals surface area contributed by atoms with Gasteiger partial charge in [0, 0.05) is 45.0 Å². The first-order valence-electron chi connectivity index (χ1n) is 13.4. The van der Waals surface area contributed by atoms with Crippen molar-refractivity contribution in [3.8, 4) is 11.5 Å². The molecule has 12 heteroatoms. The minimum atomic E-state index is -0.508. The van der Waals surface area contributed by atoms with Gasteiger partial charge in [0.25, 0.3) is 17.1 Å². The van der Waals surface area contributed by atoms with E-state index < -0.39 is 11.1 Å². The summed E-state index contributed by atoms with van der Waals surface area (Å²) < 4.78 is 16.4. The third-order valence-corrected chi connectivity index (χ3v) is 8.03. The van der Waals surface area contributed by atoms with Crippen molar-refractivity contribution in [1.82, 2.24) is 14.7 Å². The molecule has 216 valence electrons. The molecule has 0 spiro atoms. The maximum atomic E-state index is 13.1. The van der Waals surface area contributed by atoms with Crippen LogP contribution in [0.5, 0.6) is 11.5 Å². The van der Waals surface area contributed by atoms with Crippen LogP contribution in [0.15, 0.2) is 53.4 Å². The third kappa shape index (κ3) is 6.83. The lowest BCUT2D eigenvalue weighted by atomic mass is 10.2. The highest BCUT2D eigenvalue weighted by Gasteiger charge is 2.37. The van der Waals surface area contributed by atoms with Crippen LogP contribution in [-0.2, 0) is 19.1 Å². The topological polar surface area (TPSA) is 109 Å². The number of carbonyl (C=O) groups is 4. The normalized spacial score (nSPS) is 18.7. The number of methoxy groups -OCH3 is 1. The highest BCUT2D eigenvalue weighted by molar-refractivity contribution is 8.18. The van der Waals surface area contributed by atoms with E-state index in [-0.39, 0.29) is 29.9 Å². The average molecular weight is 581 g/mol. The first-order valence-corrected chi connectivity index (χ1v) is 14.2. The first-order chi connectivity index (χ1) is 19.9. The van der Waals surface area contributed by atoms with E-state index in [1.54, 1.807) is 34.1 Å². The predicted molar refractivity (Wildman–Crippen MR) is 154 cm³/mol. The number of carbonyl (C=O) groups excluding carboxylic acids is 4. The van der Waals surface area contributed by atoms with Crippen molar-refractivity contribution in [2.24, 2.45) is 0 Å². The zero-order valence-corrected chi connectivity index (χ0v) is 23.6. The molecule has 0 unspecified atom stereocenters.